The van der Waals surface area contributed by atoms with E-state index in [2.05, 4.69) is 117 Å². The van der Waals surface area contributed by atoms with Gasteiger partial charge < -0.3 is 37.6 Å². The minimum Gasteiger partial charge on any atom is -0.756 e. The summed E-state index contributed by atoms with van der Waals surface area (Å²) in [4.78, 5) is 69.6. The van der Waals surface area contributed by atoms with E-state index in [1.807, 2.05) is 18.7 Å². The molecule has 0 aliphatic rings. The Balaban J connectivity index is -0.000000480. The molecular formula is C95H176O14PS5-. The Bertz CT molecular complexity index is 2310. The van der Waals surface area contributed by atoms with Gasteiger partial charge in [0, 0.05) is 32.1 Å². The standard InChI is InChI=1S/C35H60O4S2.C25H44O6S2.C15H30S.C15H30.C5H13O4P/c1-4-6-8-10-12-14-16-18-20-22-24-26-28-40-31-34(36)38-30-33(3)39-35(37)32-41-29-27-25-23-21-19-17-15-13-11-9-7-5-2;1-4-6-7-8-9-10-11-12-13-14-15-16-17-33-21-24(27)30-19-22(18-29-23(26)5-2)31-25(28)20-32-3;1-3-4-5-6-7-8-9-10-11-12-13-14-15-16-2;1-3-5-7-9-11-13-15-14-12-10-8-6-4-2;1-3-5-9-10(6,7)8-4-2/h33H,4-5,10-32H2,1-3H3;11-12,22H,4-10,13-21H2,1-3H3;9-10H,3-8,11-15H2,1-2H3;13,15H,3-12,14H2,1-2H3;3-5H2,1-2H3,(H,6,7)/p-1/b;12-11-;10-9-;15-13-;. The first-order valence-corrected chi connectivity index (χ1v) is 53.8. The van der Waals surface area contributed by atoms with Gasteiger partial charge in [0.05, 0.1) is 36.2 Å². The van der Waals surface area contributed by atoms with E-state index < -0.39 is 26.0 Å². The van der Waals surface area contributed by atoms with Gasteiger partial charge in [-0.25, -0.2) is 0 Å². The first kappa shape index (κ1) is 121. The van der Waals surface area contributed by atoms with Crippen molar-refractivity contribution >= 4 is 96.5 Å². The maximum atomic E-state index is 12.0. The van der Waals surface area contributed by atoms with Crippen molar-refractivity contribution in [3.8, 4) is 23.7 Å². The molecular weight excluding hydrogens is 1560 g/mol. The summed E-state index contributed by atoms with van der Waals surface area (Å²) in [6.07, 6.45) is 83.5. The number of allylic oxidation sites excluding steroid dienone is 6. The Morgan fingerprint density at radius 1 is 0.339 bits per heavy atom. The van der Waals surface area contributed by atoms with Gasteiger partial charge >= 0.3 is 29.8 Å². The van der Waals surface area contributed by atoms with E-state index in [9.17, 15) is 33.4 Å². The molecule has 0 aromatic heterocycles. The van der Waals surface area contributed by atoms with E-state index in [-0.39, 0.29) is 74.8 Å². The van der Waals surface area contributed by atoms with Crippen LogP contribution in [0.3, 0.4) is 0 Å². The van der Waals surface area contributed by atoms with E-state index in [0.717, 1.165) is 75.0 Å². The van der Waals surface area contributed by atoms with Crippen LogP contribution in [0, 0.1) is 23.7 Å². The lowest BCUT2D eigenvalue weighted by molar-refractivity contribution is -0.225. The van der Waals surface area contributed by atoms with Crippen molar-refractivity contribution in [1.29, 1.82) is 0 Å². The van der Waals surface area contributed by atoms with Crippen LogP contribution in [-0.4, -0.2) is 134 Å². The number of carbonyl (C=O) groups is 5. The van der Waals surface area contributed by atoms with Gasteiger partial charge in [0.15, 0.2) is 6.10 Å². The Hall–Kier alpha value is -2.45. The van der Waals surface area contributed by atoms with E-state index >= 15 is 0 Å². The molecule has 0 spiro atoms. The minimum absolute atomic E-state index is 0.110. The summed E-state index contributed by atoms with van der Waals surface area (Å²) in [5, 5.41) is 0. The monoisotopic (exact) mass is 1730 g/mol. The summed E-state index contributed by atoms with van der Waals surface area (Å²) in [7, 11) is -3.96. The van der Waals surface area contributed by atoms with Gasteiger partial charge in [-0.3, -0.25) is 28.5 Å². The van der Waals surface area contributed by atoms with Gasteiger partial charge in [-0.05, 0) is 171 Å². The molecule has 676 valence electrons. The molecule has 14 nitrogen and oxygen atoms in total. The third kappa shape index (κ3) is 116. The van der Waals surface area contributed by atoms with Crippen LogP contribution in [0.1, 0.15) is 410 Å². The lowest BCUT2D eigenvalue weighted by Gasteiger charge is -2.21. The second kappa shape index (κ2) is 108. The van der Waals surface area contributed by atoms with Crippen molar-refractivity contribution < 1.29 is 66.2 Å². The summed E-state index contributed by atoms with van der Waals surface area (Å²) in [6, 6.07) is 0. The van der Waals surface area contributed by atoms with Crippen LogP contribution in [0.25, 0.3) is 0 Å². The van der Waals surface area contributed by atoms with Crippen molar-refractivity contribution in [2.75, 3.05) is 91.6 Å². The molecule has 20 heteroatoms. The van der Waals surface area contributed by atoms with Gasteiger partial charge in [0.2, 0.25) is 0 Å². The number of carbonyl (C=O) groups excluding carboxylic acids is 5. The minimum atomic E-state index is -3.96. The molecule has 0 amide bonds. The van der Waals surface area contributed by atoms with Crippen LogP contribution in [0.4, 0.5) is 0 Å². The average molecular weight is 1730 g/mol. The maximum absolute atomic E-state index is 12.0. The fraction of sp³-hybridized carbons (Fsp3) is 0.842. The molecule has 3 unspecified atom stereocenters. The average Bonchev–Trinajstić information content (AvgIpc) is 0.943. The summed E-state index contributed by atoms with van der Waals surface area (Å²) in [5.74, 6) is 16.5. The van der Waals surface area contributed by atoms with Crippen molar-refractivity contribution in [2.45, 2.75) is 422 Å². The first-order chi connectivity index (χ1) is 56.1. The molecule has 0 aliphatic carbocycles. The molecule has 0 bridgehead atoms. The molecule has 0 saturated carbocycles. The fourth-order valence-electron chi connectivity index (χ4n) is 11.1. The molecule has 0 radical (unpaired) electrons. The number of esters is 5. The lowest BCUT2D eigenvalue weighted by Crippen LogP contribution is -2.31. The van der Waals surface area contributed by atoms with Crippen LogP contribution in [0.15, 0.2) is 36.5 Å². The predicted octanol–water partition coefficient (Wildman–Crippen LogP) is 28.4. The third-order valence-corrected chi connectivity index (χ3v) is 23.1. The quantitative estimate of drug-likeness (QED) is 0.0139. The molecule has 0 N–H and O–H groups in total. The van der Waals surface area contributed by atoms with Gasteiger partial charge in [-0.15, -0.1) is 23.7 Å². The summed E-state index contributed by atoms with van der Waals surface area (Å²) >= 11 is 8.11. The zero-order valence-corrected chi connectivity index (χ0v) is 81.0. The summed E-state index contributed by atoms with van der Waals surface area (Å²) < 4.78 is 45.4. The smallest absolute Gasteiger partial charge is 0.316 e. The Morgan fingerprint density at radius 2 is 0.652 bits per heavy atom. The van der Waals surface area contributed by atoms with Crippen molar-refractivity contribution in [3.05, 3.63) is 36.5 Å². The van der Waals surface area contributed by atoms with Crippen LogP contribution in [-0.2, 0) is 61.3 Å². The third-order valence-electron chi connectivity index (χ3n) is 17.7. The first-order valence-electron chi connectivity index (χ1n) is 46.1. The molecule has 0 saturated heterocycles. The number of hydrogen-bond acceptors (Lipinski definition) is 19. The van der Waals surface area contributed by atoms with Gasteiger partial charge in [0.1, 0.15) is 25.9 Å². The zero-order valence-electron chi connectivity index (χ0n) is 76.0. The van der Waals surface area contributed by atoms with E-state index in [4.69, 9.17) is 23.7 Å². The number of unbranched alkanes of at least 4 members (excludes halogenated alkanes) is 41. The summed E-state index contributed by atoms with van der Waals surface area (Å²) in [5.41, 5.74) is 0. The SMILES string of the molecule is CCC#CCCCCCCCCCCSCC(=O)OCC(C)OC(=O)CSCCCCCCCCCCC#CCC.CCCCCC/C=C\CCCCCCC.CCCCCCC/C=C\CCCCCSC.CCCCCCC/C=C\CCCCCSCC(=O)OCC(COC(=O)CC)OC(=O)CSC.CCCOP(=O)([O-])OCC. The maximum Gasteiger partial charge on any atom is 0.316 e. The van der Waals surface area contributed by atoms with E-state index in [1.165, 1.54) is 287 Å². The highest BCUT2D eigenvalue weighted by molar-refractivity contribution is 8.00. The van der Waals surface area contributed by atoms with Crippen LogP contribution >= 0.6 is 66.6 Å². The normalized spacial score (nSPS) is 11.9. The van der Waals surface area contributed by atoms with Gasteiger partial charge in [-0.2, -0.15) is 58.8 Å². The Morgan fingerprint density at radius 3 is 1.00 bits per heavy atom. The molecule has 3 atom stereocenters. The number of thioether (sulfide) groups is 5. The van der Waals surface area contributed by atoms with Crippen LogP contribution in [0.2, 0.25) is 0 Å². The second-order valence-corrected chi connectivity index (χ2v) is 35.8. The fourth-order valence-corrected chi connectivity index (χ4v) is 15.1. The largest absolute Gasteiger partial charge is 0.756 e. The number of hydrogen-bond donors (Lipinski definition) is 0. The van der Waals surface area contributed by atoms with Gasteiger partial charge in [0.25, 0.3) is 7.82 Å². The molecule has 0 heterocycles. The Kier molecular flexibility index (Phi) is 113. The Labute approximate surface area is 731 Å². The highest BCUT2D eigenvalue weighted by Gasteiger charge is 2.20. The number of phosphoric acid groups is 1. The number of phosphoric ester groups is 1. The van der Waals surface area contributed by atoms with Gasteiger partial charge in [-0.1, -0.05) is 278 Å². The zero-order chi connectivity index (χ0) is 85.8. The molecule has 115 heavy (non-hydrogen) atoms. The van der Waals surface area contributed by atoms with Crippen molar-refractivity contribution in [2.24, 2.45) is 0 Å². The topological polar surface area (TPSA) is 190 Å². The van der Waals surface area contributed by atoms with Crippen LogP contribution in [0.5, 0.6) is 0 Å². The molecule has 0 aromatic carbocycles. The van der Waals surface area contributed by atoms with E-state index in [1.54, 1.807) is 62.3 Å². The molecule has 0 aromatic rings. The number of rotatable bonds is 77. The highest BCUT2D eigenvalue weighted by Crippen LogP contribution is 2.37. The van der Waals surface area contributed by atoms with Crippen molar-refractivity contribution in [3.63, 3.8) is 0 Å². The number of ether oxygens (including phenoxy) is 5. The van der Waals surface area contributed by atoms with E-state index in [0.29, 0.717) is 17.9 Å². The molecule has 0 fully saturated rings. The van der Waals surface area contributed by atoms with Crippen LogP contribution < -0.4 is 4.89 Å². The second-order valence-electron chi connectivity index (χ2n) is 29.2. The highest BCUT2D eigenvalue weighted by atomic mass is 32.2. The lowest BCUT2D eigenvalue weighted by atomic mass is 10.1. The predicted molar refractivity (Wildman–Crippen MR) is 505 cm³/mol. The van der Waals surface area contributed by atoms with Crippen molar-refractivity contribution in [1.82, 2.24) is 0 Å². The molecule has 0 rings (SSSR count). The molecule has 0 aliphatic heterocycles. The summed E-state index contributed by atoms with van der Waals surface area (Å²) in [6.45, 7) is 20.4.